The molecule has 0 radical (unpaired) electrons. The fraction of sp³-hybridized carbons (Fsp3) is 0.214. The molecular weight excluding hydrogens is 320 g/mol. The summed E-state index contributed by atoms with van der Waals surface area (Å²) in [6, 6.07) is 7.12. The highest BCUT2D eigenvalue weighted by atomic mass is 35.5. The molecule has 0 fully saturated rings. The lowest BCUT2D eigenvalue weighted by atomic mass is 10.3. The number of amides is 1. The van der Waals surface area contributed by atoms with Crippen LogP contribution in [0, 0.1) is 0 Å². The van der Waals surface area contributed by atoms with Gasteiger partial charge in [0.05, 0.1) is 11.9 Å². The molecule has 0 unspecified atom stereocenters. The van der Waals surface area contributed by atoms with E-state index in [1.165, 1.54) is 0 Å². The minimum absolute atomic E-state index is 0.102. The maximum Gasteiger partial charge on any atom is 0.316 e. The highest BCUT2D eigenvalue weighted by molar-refractivity contribution is 6.30. The minimum atomic E-state index is -0.407. The maximum absolute atomic E-state index is 11.7. The van der Waals surface area contributed by atoms with E-state index in [0.717, 1.165) is 12.1 Å². The van der Waals surface area contributed by atoms with Crippen LogP contribution in [0.5, 0.6) is 0 Å². The number of nitrogens with zero attached hydrogens (tertiary/aromatic N) is 5. The predicted molar refractivity (Wildman–Crippen MR) is 82.3 cm³/mol. The van der Waals surface area contributed by atoms with Crippen molar-refractivity contribution >= 4 is 17.5 Å². The third-order valence-electron chi connectivity index (χ3n) is 2.97. The van der Waals surface area contributed by atoms with Crippen LogP contribution < -0.4 is 5.32 Å². The summed E-state index contributed by atoms with van der Waals surface area (Å²) in [5.74, 6) is -0.308. The van der Waals surface area contributed by atoms with E-state index in [9.17, 15) is 4.79 Å². The average molecular weight is 333 g/mol. The average Bonchev–Trinajstić information content (AvgIpc) is 3.22. The maximum atomic E-state index is 11.7. The second-order valence-corrected chi connectivity index (χ2v) is 5.14. The van der Waals surface area contributed by atoms with Crippen LogP contribution >= 0.6 is 11.6 Å². The van der Waals surface area contributed by atoms with E-state index in [0.29, 0.717) is 17.3 Å². The lowest BCUT2D eigenvalue weighted by molar-refractivity contribution is 0.0910. The smallest absolute Gasteiger partial charge is 0.316 e. The molecule has 0 saturated carbocycles. The molecule has 1 N–H and O–H groups in total. The summed E-state index contributed by atoms with van der Waals surface area (Å²) in [6.45, 7) is 2.50. The summed E-state index contributed by atoms with van der Waals surface area (Å²) in [4.78, 5) is 15.8. The summed E-state index contributed by atoms with van der Waals surface area (Å²) in [5, 5.41) is 15.0. The summed E-state index contributed by atoms with van der Waals surface area (Å²) >= 11 is 5.85. The molecule has 0 aliphatic rings. The first-order valence-electron chi connectivity index (χ1n) is 6.98. The van der Waals surface area contributed by atoms with Crippen LogP contribution in [0.2, 0.25) is 5.02 Å². The van der Waals surface area contributed by atoms with Crippen molar-refractivity contribution < 1.29 is 9.32 Å². The van der Waals surface area contributed by atoms with E-state index in [-0.39, 0.29) is 11.7 Å². The zero-order chi connectivity index (χ0) is 16.2. The summed E-state index contributed by atoms with van der Waals surface area (Å²) in [6.07, 6.45) is 2.46. The van der Waals surface area contributed by atoms with Crippen molar-refractivity contribution in [2.75, 3.05) is 6.54 Å². The van der Waals surface area contributed by atoms with E-state index >= 15 is 0 Å². The van der Waals surface area contributed by atoms with Crippen LogP contribution in [0.15, 0.2) is 35.0 Å². The standard InChI is InChI=1S/C14H13ClN6O2/c1-2-7-16-13(22)14-17-12(19-23-14)11-8-21(20-18-11)10-5-3-9(15)4-6-10/h3-6,8H,2,7H2,1H3,(H,16,22). The van der Waals surface area contributed by atoms with Gasteiger partial charge in [-0.15, -0.1) is 5.10 Å². The second-order valence-electron chi connectivity index (χ2n) is 4.70. The molecule has 0 spiro atoms. The fourth-order valence-corrected chi connectivity index (χ4v) is 1.95. The van der Waals surface area contributed by atoms with Crippen molar-refractivity contribution in [1.29, 1.82) is 0 Å². The first-order chi connectivity index (χ1) is 11.2. The molecule has 8 nitrogen and oxygen atoms in total. The molecule has 9 heteroatoms. The van der Waals surface area contributed by atoms with Crippen molar-refractivity contribution in [3.8, 4) is 17.2 Å². The number of carbonyl (C=O) groups is 1. The van der Waals surface area contributed by atoms with Gasteiger partial charge in [0.15, 0.2) is 5.69 Å². The van der Waals surface area contributed by atoms with Crippen LogP contribution in [-0.4, -0.2) is 37.6 Å². The first kappa shape index (κ1) is 15.2. The normalized spacial score (nSPS) is 10.7. The van der Waals surface area contributed by atoms with Crippen LogP contribution in [0.25, 0.3) is 17.2 Å². The van der Waals surface area contributed by atoms with Crippen molar-refractivity contribution in [2.24, 2.45) is 0 Å². The molecule has 0 aliphatic carbocycles. The largest absolute Gasteiger partial charge is 0.348 e. The Kier molecular flexibility index (Phi) is 4.33. The molecule has 2 heterocycles. The Bertz CT molecular complexity index is 811. The van der Waals surface area contributed by atoms with Crippen molar-refractivity contribution in [2.45, 2.75) is 13.3 Å². The lowest BCUT2D eigenvalue weighted by Gasteiger charge is -1.98. The number of carbonyl (C=O) groups excluding carboxylic acids is 1. The molecule has 118 valence electrons. The topological polar surface area (TPSA) is 98.7 Å². The SMILES string of the molecule is CCCNC(=O)c1nc(-c2cn(-c3ccc(Cl)cc3)nn2)no1. The van der Waals surface area contributed by atoms with Crippen LogP contribution in [0.1, 0.15) is 24.0 Å². The number of benzene rings is 1. The monoisotopic (exact) mass is 332 g/mol. The van der Waals surface area contributed by atoms with Gasteiger partial charge in [0.25, 0.3) is 0 Å². The number of rotatable bonds is 5. The van der Waals surface area contributed by atoms with Gasteiger partial charge in [-0.05, 0) is 30.7 Å². The van der Waals surface area contributed by atoms with Gasteiger partial charge in [0, 0.05) is 11.6 Å². The molecule has 0 atom stereocenters. The molecule has 0 bridgehead atoms. The zero-order valence-electron chi connectivity index (χ0n) is 12.2. The van der Waals surface area contributed by atoms with Gasteiger partial charge >= 0.3 is 11.8 Å². The van der Waals surface area contributed by atoms with E-state index in [2.05, 4.69) is 25.8 Å². The predicted octanol–water partition coefficient (Wildman–Crippen LogP) is 2.11. The van der Waals surface area contributed by atoms with Gasteiger partial charge in [-0.1, -0.05) is 28.9 Å². The quantitative estimate of drug-likeness (QED) is 0.768. The number of nitrogens with one attached hydrogen (secondary N) is 1. The lowest BCUT2D eigenvalue weighted by Crippen LogP contribution is -2.24. The minimum Gasteiger partial charge on any atom is -0.348 e. The molecule has 2 aromatic heterocycles. The van der Waals surface area contributed by atoms with Crippen molar-refractivity contribution in [3.05, 3.63) is 41.4 Å². The van der Waals surface area contributed by atoms with Crippen molar-refractivity contribution in [3.63, 3.8) is 0 Å². The Balaban J connectivity index is 1.79. The third kappa shape index (κ3) is 3.37. The van der Waals surface area contributed by atoms with Crippen LogP contribution in [0.3, 0.4) is 0 Å². The highest BCUT2D eigenvalue weighted by Gasteiger charge is 2.17. The summed E-state index contributed by atoms with van der Waals surface area (Å²) < 4.78 is 6.50. The van der Waals surface area contributed by atoms with Crippen LogP contribution in [0.4, 0.5) is 0 Å². The van der Waals surface area contributed by atoms with Gasteiger partial charge in [-0.2, -0.15) is 4.98 Å². The van der Waals surface area contributed by atoms with E-state index < -0.39 is 5.91 Å². The first-order valence-corrected chi connectivity index (χ1v) is 7.35. The molecular formula is C14H13ClN6O2. The van der Waals surface area contributed by atoms with Gasteiger partial charge in [0.1, 0.15) is 0 Å². The molecule has 0 saturated heterocycles. The Morgan fingerprint density at radius 2 is 2.13 bits per heavy atom. The van der Waals surface area contributed by atoms with Crippen molar-refractivity contribution in [1.82, 2.24) is 30.5 Å². The number of halogens is 1. The molecule has 1 aromatic carbocycles. The van der Waals surface area contributed by atoms with Gasteiger partial charge in [-0.25, -0.2) is 4.68 Å². The fourth-order valence-electron chi connectivity index (χ4n) is 1.82. The summed E-state index contributed by atoms with van der Waals surface area (Å²) in [5.41, 5.74) is 1.19. The summed E-state index contributed by atoms with van der Waals surface area (Å²) in [7, 11) is 0. The van der Waals surface area contributed by atoms with E-state index in [1.807, 2.05) is 6.92 Å². The molecule has 23 heavy (non-hydrogen) atoms. The number of aromatic nitrogens is 5. The van der Waals surface area contributed by atoms with E-state index in [1.54, 1.807) is 35.1 Å². The van der Waals surface area contributed by atoms with Gasteiger partial charge in [-0.3, -0.25) is 4.79 Å². The molecule has 1 amide bonds. The third-order valence-corrected chi connectivity index (χ3v) is 3.22. The molecule has 0 aliphatic heterocycles. The van der Waals surface area contributed by atoms with E-state index in [4.69, 9.17) is 16.1 Å². The Morgan fingerprint density at radius 1 is 1.35 bits per heavy atom. The highest BCUT2D eigenvalue weighted by Crippen LogP contribution is 2.16. The zero-order valence-corrected chi connectivity index (χ0v) is 13.0. The Morgan fingerprint density at radius 3 is 2.87 bits per heavy atom. The molecule has 3 rings (SSSR count). The Labute approximate surface area is 136 Å². The number of hydrogen-bond donors (Lipinski definition) is 1. The Hall–Kier alpha value is -2.74. The van der Waals surface area contributed by atoms with Gasteiger partial charge in [0.2, 0.25) is 5.82 Å². The molecule has 3 aromatic rings. The van der Waals surface area contributed by atoms with Gasteiger partial charge < -0.3 is 9.84 Å². The number of hydrogen-bond acceptors (Lipinski definition) is 6. The second kappa shape index (κ2) is 6.57. The van der Waals surface area contributed by atoms with Crippen LogP contribution in [-0.2, 0) is 0 Å².